The van der Waals surface area contributed by atoms with E-state index in [9.17, 15) is 25.0 Å². The first-order chi connectivity index (χ1) is 15.1. The first kappa shape index (κ1) is 22.7. The Bertz CT molecular complexity index is 1190. The van der Waals surface area contributed by atoms with E-state index < -0.39 is 21.7 Å². The Kier molecular flexibility index (Phi) is 6.69. The van der Waals surface area contributed by atoms with Crippen molar-refractivity contribution in [2.24, 2.45) is 5.92 Å². The van der Waals surface area contributed by atoms with E-state index in [2.05, 4.69) is 10.4 Å². The molecule has 0 fully saturated rings. The van der Waals surface area contributed by atoms with Crippen LogP contribution in [0.2, 0.25) is 5.02 Å². The molecule has 12 heteroatoms. The number of hydrogen-bond acceptors (Lipinski definition) is 7. The number of nitrogens with zero attached hydrogens (tertiary/aromatic N) is 4. The normalized spacial score (nSPS) is 11.6. The van der Waals surface area contributed by atoms with Crippen molar-refractivity contribution in [2.45, 2.75) is 20.4 Å². The molecule has 0 bridgehead atoms. The van der Waals surface area contributed by atoms with Gasteiger partial charge in [0.2, 0.25) is 5.91 Å². The highest BCUT2D eigenvalue weighted by molar-refractivity contribution is 6.30. The first-order valence-corrected chi connectivity index (χ1v) is 9.71. The Morgan fingerprint density at radius 1 is 1.19 bits per heavy atom. The van der Waals surface area contributed by atoms with Crippen LogP contribution in [0.1, 0.15) is 12.5 Å². The number of carbonyl (C=O) groups excluding carboxylic acids is 1. The van der Waals surface area contributed by atoms with Crippen LogP contribution < -0.4 is 10.1 Å². The fourth-order valence-corrected chi connectivity index (χ4v) is 3.08. The molecule has 0 saturated carbocycles. The molecule has 0 aliphatic heterocycles. The van der Waals surface area contributed by atoms with Gasteiger partial charge >= 0.3 is 5.69 Å². The minimum Gasteiger partial charge on any atom is -0.457 e. The van der Waals surface area contributed by atoms with Gasteiger partial charge in [0.25, 0.3) is 5.69 Å². The molecule has 3 aromatic rings. The van der Waals surface area contributed by atoms with E-state index in [0.717, 1.165) is 11.8 Å². The van der Waals surface area contributed by atoms with Gasteiger partial charge in [-0.2, -0.15) is 5.10 Å². The quantitative estimate of drug-likeness (QED) is 0.379. The number of nitrogens with one attached hydrogen (secondary N) is 1. The molecule has 11 nitrogen and oxygen atoms in total. The third-order valence-electron chi connectivity index (χ3n) is 4.47. The molecule has 166 valence electrons. The van der Waals surface area contributed by atoms with Crippen LogP contribution in [0.3, 0.4) is 0 Å². The van der Waals surface area contributed by atoms with Crippen molar-refractivity contribution in [3.63, 3.8) is 0 Å². The molecule has 1 N–H and O–H groups in total. The average Bonchev–Trinajstić information content (AvgIpc) is 3.18. The second kappa shape index (κ2) is 9.43. The summed E-state index contributed by atoms with van der Waals surface area (Å²) >= 11 is 5.94. The summed E-state index contributed by atoms with van der Waals surface area (Å²) in [4.78, 5) is 33.5. The minimum atomic E-state index is -0.628. The van der Waals surface area contributed by atoms with Crippen LogP contribution in [0.15, 0.2) is 48.8 Å². The van der Waals surface area contributed by atoms with E-state index in [0.29, 0.717) is 10.8 Å². The summed E-state index contributed by atoms with van der Waals surface area (Å²) < 4.78 is 7.05. The van der Waals surface area contributed by atoms with Crippen molar-refractivity contribution >= 4 is 34.6 Å². The second-order valence-corrected chi connectivity index (χ2v) is 7.49. The van der Waals surface area contributed by atoms with Gasteiger partial charge in [-0.15, -0.1) is 0 Å². The fraction of sp³-hybridized carbons (Fsp3) is 0.200. The monoisotopic (exact) mass is 459 g/mol. The molecule has 0 saturated heterocycles. The number of ether oxygens (including phenoxy) is 1. The number of non-ortho nitro benzene ring substituents is 1. The lowest BCUT2D eigenvalue weighted by Crippen LogP contribution is -2.24. The summed E-state index contributed by atoms with van der Waals surface area (Å²) in [5, 5.41) is 29.1. The van der Waals surface area contributed by atoms with Crippen LogP contribution in [-0.2, 0) is 11.3 Å². The van der Waals surface area contributed by atoms with Crippen molar-refractivity contribution in [3.05, 3.63) is 79.6 Å². The number of amides is 1. The van der Waals surface area contributed by atoms with Gasteiger partial charge in [0.15, 0.2) is 0 Å². The van der Waals surface area contributed by atoms with E-state index in [1.165, 1.54) is 29.1 Å². The molecule has 2 aromatic carbocycles. The van der Waals surface area contributed by atoms with Crippen molar-refractivity contribution in [1.82, 2.24) is 9.78 Å². The molecule has 0 spiro atoms. The predicted molar refractivity (Wildman–Crippen MR) is 116 cm³/mol. The zero-order valence-electron chi connectivity index (χ0n) is 17.0. The third kappa shape index (κ3) is 5.58. The number of rotatable bonds is 8. The van der Waals surface area contributed by atoms with Gasteiger partial charge in [-0.25, -0.2) is 0 Å². The number of aromatic nitrogens is 2. The summed E-state index contributed by atoms with van der Waals surface area (Å²) in [6.45, 7) is 3.47. The second-order valence-electron chi connectivity index (χ2n) is 7.05. The Morgan fingerprint density at radius 2 is 1.91 bits per heavy atom. The maximum atomic E-state index is 12.6. The average molecular weight is 460 g/mol. The molecule has 0 aliphatic carbocycles. The molecule has 3 rings (SSSR count). The number of aryl methyl sites for hydroxylation is 1. The van der Waals surface area contributed by atoms with Gasteiger partial charge in [0, 0.05) is 17.2 Å². The summed E-state index contributed by atoms with van der Waals surface area (Å²) in [6, 6.07) is 8.88. The SMILES string of the molecule is Cc1cc(Cl)ccc1Oc1cc(NC(=O)C(C)Cn2cc([N+](=O)[O-])cn2)cc([N+](=O)[O-])c1. The van der Waals surface area contributed by atoms with Crippen LogP contribution in [0, 0.1) is 33.1 Å². The molecule has 0 aliphatic rings. The molecule has 1 heterocycles. The van der Waals surface area contributed by atoms with Crippen LogP contribution in [0.5, 0.6) is 11.5 Å². The molecular formula is C20H18ClN5O6. The third-order valence-corrected chi connectivity index (χ3v) is 4.71. The van der Waals surface area contributed by atoms with Crippen LogP contribution in [0.4, 0.5) is 17.1 Å². The molecule has 1 aromatic heterocycles. The van der Waals surface area contributed by atoms with E-state index >= 15 is 0 Å². The Morgan fingerprint density at radius 3 is 2.53 bits per heavy atom. The maximum absolute atomic E-state index is 12.6. The number of halogens is 1. The summed E-state index contributed by atoms with van der Waals surface area (Å²) in [5.41, 5.74) is 0.455. The Hall–Kier alpha value is -3.99. The smallest absolute Gasteiger partial charge is 0.306 e. The number of carbonyl (C=O) groups is 1. The summed E-state index contributed by atoms with van der Waals surface area (Å²) in [7, 11) is 0. The maximum Gasteiger partial charge on any atom is 0.306 e. The van der Waals surface area contributed by atoms with Crippen molar-refractivity contribution in [2.75, 3.05) is 5.32 Å². The molecule has 32 heavy (non-hydrogen) atoms. The number of anilines is 1. The topological polar surface area (TPSA) is 142 Å². The standard InChI is InChI=1S/C20H18ClN5O6/c1-12-5-14(21)3-4-19(12)32-18-7-15(6-16(8-18)25(28)29)23-20(27)13(2)10-24-11-17(9-22-24)26(30)31/h3-9,11,13H,10H2,1-2H3,(H,23,27). The molecule has 1 atom stereocenters. The lowest BCUT2D eigenvalue weighted by atomic mass is 10.1. The summed E-state index contributed by atoms with van der Waals surface area (Å²) in [6.07, 6.45) is 2.31. The van der Waals surface area contributed by atoms with Gasteiger partial charge in [0.05, 0.1) is 34.1 Å². The summed E-state index contributed by atoms with van der Waals surface area (Å²) in [5.74, 6) is -0.454. The van der Waals surface area contributed by atoms with E-state index in [4.69, 9.17) is 16.3 Å². The van der Waals surface area contributed by atoms with Crippen molar-refractivity contribution in [1.29, 1.82) is 0 Å². The molecule has 1 amide bonds. The largest absolute Gasteiger partial charge is 0.457 e. The van der Waals surface area contributed by atoms with Gasteiger partial charge in [0.1, 0.15) is 23.9 Å². The van der Waals surface area contributed by atoms with Gasteiger partial charge in [-0.1, -0.05) is 18.5 Å². The number of nitro groups is 2. The zero-order valence-corrected chi connectivity index (χ0v) is 17.8. The van der Waals surface area contributed by atoms with Gasteiger partial charge in [-0.3, -0.25) is 29.7 Å². The van der Waals surface area contributed by atoms with Crippen LogP contribution in [-0.4, -0.2) is 25.5 Å². The highest BCUT2D eigenvalue weighted by atomic mass is 35.5. The fourth-order valence-electron chi connectivity index (χ4n) is 2.85. The van der Waals surface area contributed by atoms with Crippen LogP contribution >= 0.6 is 11.6 Å². The van der Waals surface area contributed by atoms with Crippen molar-refractivity contribution in [3.8, 4) is 11.5 Å². The lowest BCUT2D eigenvalue weighted by molar-refractivity contribution is -0.385. The zero-order chi connectivity index (χ0) is 23.4. The number of hydrogen-bond donors (Lipinski definition) is 1. The first-order valence-electron chi connectivity index (χ1n) is 9.33. The minimum absolute atomic E-state index is 0.0852. The van der Waals surface area contributed by atoms with E-state index in [1.807, 2.05) is 0 Å². The Labute approximate surface area is 186 Å². The Balaban J connectivity index is 1.77. The molecular weight excluding hydrogens is 442 g/mol. The molecule has 0 radical (unpaired) electrons. The van der Waals surface area contributed by atoms with Gasteiger partial charge in [-0.05, 0) is 30.7 Å². The van der Waals surface area contributed by atoms with E-state index in [1.54, 1.807) is 32.0 Å². The molecule has 1 unspecified atom stereocenters. The number of nitro benzene ring substituents is 1. The van der Waals surface area contributed by atoms with Crippen molar-refractivity contribution < 1.29 is 19.4 Å². The van der Waals surface area contributed by atoms with Crippen LogP contribution in [0.25, 0.3) is 0 Å². The highest BCUT2D eigenvalue weighted by Gasteiger charge is 2.19. The van der Waals surface area contributed by atoms with Gasteiger partial charge < -0.3 is 10.1 Å². The lowest BCUT2D eigenvalue weighted by Gasteiger charge is -2.14. The van der Waals surface area contributed by atoms with E-state index in [-0.39, 0.29) is 29.4 Å². The predicted octanol–water partition coefficient (Wildman–Crippen LogP) is 4.73. The highest BCUT2D eigenvalue weighted by Crippen LogP contribution is 2.32. The number of benzene rings is 2.